The van der Waals surface area contributed by atoms with Crippen molar-refractivity contribution in [3.8, 4) is 11.1 Å². The molecule has 3 aromatic rings. The van der Waals surface area contributed by atoms with E-state index in [4.69, 9.17) is 0 Å². The van der Waals surface area contributed by atoms with E-state index in [0.29, 0.717) is 0 Å². The summed E-state index contributed by atoms with van der Waals surface area (Å²) in [7, 11) is 1.96. The number of allylic oxidation sites excluding steroid dienone is 1. The van der Waals surface area contributed by atoms with E-state index in [1.165, 1.54) is 16.7 Å². The minimum absolute atomic E-state index is 0.0430. The fourth-order valence-corrected chi connectivity index (χ4v) is 3.64. The fraction of sp³-hybridized carbons (Fsp3) is 0.375. The highest BCUT2D eigenvalue weighted by atomic mass is 16.3. The highest BCUT2D eigenvalue weighted by molar-refractivity contribution is 5.80. The molecule has 36 heavy (non-hydrogen) atoms. The van der Waals surface area contributed by atoms with Gasteiger partial charge in [-0.3, -0.25) is 5.43 Å². The van der Waals surface area contributed by atoms with E-state index in [0.717, 1.165) is 48.4 Å². The third-order valence-electron chi connectivity index (χ3n) is 5.86. The summed E-state index contributed by atoms with van der Waals surface area (Å²) in [5, 5.41) is 15.5. The van der Waals surface area contributed by atoms with Gasteiger partial charge >= 0.3 is 0 Å². The van der Waals surface area contributed by atoms with Crippen molar-refractivity contribution in [3.05, 3.63) is 101 Å². The summed E-state index contributed by atoms with van der Waals surface area (Å²) in [5.74, 6) is 0. The standard InChI is InChI=1S/C23H33N3O.C7H8.C2H6/c1-5-18(3)16-26(24-4)14-13-25-23-15-19(6-2)11-12-22(23)21-10-8-7-9-20(21)17-27;1-7-5-3-2-4-6-7;1-2/h5,7-12,15,24-25,27H,6,13-14,16-17H2,1-4H3;2-6H,1H3;1-2H3. The molecule has 3 rings (SSSR count). The summed E-state index contributed by atoms with van der Waals surface area (Å²) in [4.78, 5) is 0. The molecule has 0 radical (unpaired) electrons. The molecule has 3 N–H and O–H groups in total. The minimum atomic E-state index is 0.0430. The second-order valence-corrected chi connectivity index (χ2v) is 8.41. The molecule has 0 amide bonds. The lowest BCUT2D eigenvalue weighted by Gasteiger charge is -2.23. The number of hydrogen-bond acceptors (Lipinski definition) is 4. The number of aliphatic hydroxyl groups excluding tert-OH is 1. The predicted octanol–water partition coefficient (Wildman–Crippen LogP) is 7.24. The van der Waals surface area contributed by atoms with E-state index in [2.05, 4.69) is 85.9 Å². The second-order valence-electron chi connectivity index (χ2n) is 8.41. The number of rotatable bonds is 10. The Morgan fingerprint density at radius 3 is 2.17 bits per heavy atom. The molecule has 0 saturated heterocycles. The first-order chi connectivity index (χ1) is 17.5. The van der Waals surface area contributed by atoms with Crippen LogP contribution in [-0.2, 0) is 13.0 Å². The van der Waals surface area contributed by atoms with Crippen molar-refractivity contribution in [1.82, 2.24) is 10.4 Å². The van der Waals surface area contributed by atoms with Crippen molar-refractivity contribution in [1.29, 1.82) is 0 Å². The van der Waals surface area contributed by atoms with Crippen molar-refractivity contribution in [2.24, 2.45) is 0 Å². The van der Waals surface area contributed by atoms with Crippen molar-refractivity contribution in [3.63, 3.8) is 0 Å². The maximum absolute atomic E-state index is 9.72. The van der Waals surface area contributed by atoms with E-state index in [1.54, 1.807) is 0 Å². The van der Waals surface area contributed by atoms with Crippen LogP contribution in [0.2, 0.25) is 0 Å². The van der Waals surface area contributed by atoms with E-state index < -0.39 is 0 Å². The van der Waals surface area contributed by atoms with Gasteiger partial charge in [0.1, 0.15) is 0 Å². The molecule has 196 valence electrons. The molecule has 0 atom stereocenters. The smallest absolute Gasteiger partial charge is 0.0687 e. The van der Waals surface area contributed by atoms with Gasteiger partial charge in [-0.2, -0.15) is 0 Å². The van der Waals surface area contributed by atoms with Crippen LogP contribution in [0.25, 0.3) is 11.1 Å². The van der Waals surface area contributed by atoms with Crippen LogP contribution in [0.3, 0.4) is 0 Å². The van der Waals surface area contributed by atoms with Crippen LogP contribution in [0.1, 0.15) is 51.3 Å². The summed E-state index contributed by atoms with van der Waals surface area (Å²) in [6.07, 6.45) is 3.14. The Kier molecular flexibility index (Phi) is 15.9. The van der Waals surface area contributed by atoms with Crippen LogP contribution in [0.15, 0.2) is 84.4 Å². The monoisotopic (exact) mass is 489 g/mol. The Labute approximate surface area is 220 Å². The van der Waals surface area contributed by atoms with Crippen LogP contribution >= 0.6 is 0 Å². The van der Waals surface area contributed by atoms with E-state index in [-0.39, 0.29) is 6.61 Å². The second kappa shape index (κ2) is 18.4. The maximum Gasteiger partial charge on any atom is 0.0687 e. The molecule has 0 bridgehead atoms. The molecule has 0 heterocycles. The first-order valence-electron chi connectivity index (χ1n) is 13.1. The van der Waals surface area contributed by atoms with Crippen molar-refractivity contribution in [2.45, 2.75) is 54.6 Å². The Morgan fingerprint density at radius 2 is 1.61 bits per heavy atom. The number of benzene rings is 3. The molecule has 0 fully saturated rings. The minimum Gasteiger partial charge on any atom is -0.392 e. The van der Waals surface area contributed by atoms with Gasteiger partial charge in [0.25, 0.3) is 0 Å². The number of hydrogen-bond donors (Lipinski definition) is 3. The zero-order valence-corrected chi connectivity index (χ0v) is 23.4. The van der Waals surface area contributed by atoms with Crippen LogP contribution in [0.5, 0.6) is 0 Å². The summed E-state index contributed by atoms with van der Waals surface area (Å²) in [5.41, 5.74) is 11.5. The molecule has 0 spiro atoms. The van der Waals surface area contributed by atoms with Gasteiger partial charge in [0.05, 0.1) is 6.61 Å². The van der Waals surface area contributed by atoms with E-state index in [1.807, 2.05) is 57.3 Å². The van der Waals surface area contributed by atoms with Gasteiger partial charge in [0, 0.05) is 30.9 Å². The third kappa shape index (κ3) is 10.8. The molecule has 0 aliphatic rings. The van der Waals surface area contributed by atoms with Crippen molar-refractivity contribution in [2.75, 3.05) is 32.0 Å². The maximum atomic E-state index is 9.72. The van der Waals surface area contributed by atoms with Gasteiger partial charge in [-0.25, -0.2) is 5.01 Å². The molecular weight excluding hydrogens is 442 g/mol. The lowest BCUT2D eigenvalue weighted by Crippen LogP contribution is -2.39. The quantitative estimate of drug-likeness (QED) is 0.207. The van der Waals surface area contributed by atoms with Crippen LogP contribution in [0, 0.1) is 6.92 Å². The van der Waals surface area contributed by atoms with Gasteiger partial charge in [-0.15, -0.1) is 0 Å². The average Bonchev–Trinajstić information content (AvgIpc) is 2.94. The van der Waals surface area contributed by atoms with E-state index >= 15 is 0 Å². The van der Waals surface area contributed by atoms with Gasteiger partial charge in [0.15, 0.2) is 0 Å². The van der Waals surface area contributed by atoms with Crippen molar-refractivity contribution >= 4 is 5.69 Å². The lowest BCUT2D eigenvalue weighted by atomic mass is 9.96. The average molecular weight is 490 g/mol. The highest BCUT2D eigenvalue weighted by Crippen LogP contribution is 2.32. The van der Waals surface area contributed by atoms with Gasteiger partial charge in [-0.1, -0.05) is 105 Å². The lowest BCUT2D eigenvalue weighted by molar-refractivity contribution is 0.236. The highest BCUT2D eigenvalue weighted by Gasteiger charge is 2.10. The number of aryl methyl sites for hydroxylation is 2. The molecule has 0 aliphatic heterocycles. The fourth-order valence-electron chi connectivity index (χ4n) is 3.64. The van der Waals surface area contributed by atoms with Crippen LogP contribution < -0.4 is 10.7 Å². The molecule has 0 aromatic heterocycles. The Bertz CT molecular complexity index is 1010. The zero-order chi connectivity index (χ0) is 26.8. The summed E-state index contributed by atoms with van der Waals surface area (Å²) in [6.45, 7) is 15.1. The molecule has 4 nitrogen and oxygen atoms in total. The summed E-state index contributed by atoms with van der Waals surface area (Å²) in [6, 6.07) is 24.9. The largest absolute Gasteiger partial charge is 0.392 e. The molecule has 0 unspecified atom stereocenters. The molecule has 0 saturated carbocycles. The molecule has 4 heteroatoms. The Balaban J connectivity index is 0.000000609. The number of anilines is 1. The van der Waals surface area contributed by atoms with Gasteiger partial charge in [0.2, 0.25) is 0 Å². The number of nitrogens with zero attached hydrogens (tertiary/aromatic N) is 1. The zero-order valence-electron chi connectivity index (χ0n) is 23.4. The number of aliphatic hydroxyl groups is 1. The first kappa shape index (κ1) is 31.1. The predicted molar refractivity (Wildman–Crippen MR) is 158 cm³/mol. The normalized spacial score (nSPS) is 10.8. The van der Waals surface area contributed by atoms with E-state index in [9.17, 15) is 5.11 Å². The number of nitrogens with one attached hydrogen (secondary N) is 2. The first-order valence-corrected chi connectivity index (χ1v) is 13.1. The van der Waals surface area contributed by atoms with Gasteiger partial charge in [-0.05, 0) is 57.0 Å². The van der Waals surface area contributed by atoms with Crippen LogP contribution in [-0.4, -0.2) is 36.8 Å². The van der Waals surface area contributed by atoms with Gasteiger partial charge < -0.3 is 10.4 Å². The number of hydrazine groups is 1. The molecule has 0 aliphatic carbocycles. The van der Waals surface area contributed by atoms with Crippen molar-refractivity contribution < 1.29 is 5.11 Å². The Morgan fingerprint density at radius 1 is 0.944 bits per heavy atom. The molecule has 3 aromatic carbocycles. The molecular formula is C32H47N3O. The third-order valence-corrected chi connectivity index (χ3v) is 5.86. The Hall–Kier alpha value is -2.92. The van der Waals surface area contributed by atoms with Crippen LogP contribution in [0.4, 0.5) is 5.69 Å². The SMILES string of the molecule is CC.CC=C(C)CN(CCNc1cc(CC)ccc1-c1ccccc1CO)NC.Cc1ccccc1. The summed E-state index contributed by atoms with van der Waals surface area (Å²) < 4.78 is 0. The summed E-state index contributed by atoms with van der Waals surface area (Å²) >= 11 is 0. The topological polar surface area (TPSA) is 47.5 Å².